The molecule has 6 nitrogen and oxygen atoms in total. The first-order valence-electron chi connectivity index (χ1n) is 12.5. The van der Waals surface area contributed by atoms with Crippen LogP contribution in [-0.4, -0.2) is 55.2 Å². The summed E-state index contributed by atoms with van der Waals surface area (Å²) in [6.45, 7) is 9.00. The van der Waals surface area contributed by atoms with Crippen molar-refractivity contribution in [3.05, 3.63) is 29.6 Å². The van der Waals surface area contributed by atoms with E-state index in [1.807, 2.05) is 13.0 Å². The second-order valence-electron chi connectivity index (χ2n) is 10.8. The maximum atomic E-state index is 13.8. The van der Waals surface area contributed by atoms with Gasteiger partial charge in [-0.25, -0.2) is 9.18 Å². The third kappa shape index (κ3) is 5.61. The Labute approximate surface area is 196 Å². The fourth-order valence-corrected chi connectivity index (χ4v) is 5.54. The lowest BCUT2D eigenvalue weighted by Crippen LogP contribution is -2.50. The van der Waals surface area contributed by atoms with E-state index in [-0.39, 0.29) is 23.2 Å². The molecule has 1 aliphatic carbocycles. The second-order valence-corrected chi connectivity index (χ2v) is 10.8. The third-order valence-electron chi connectivity index (χ3n) is 7.44. The number of carbonyl (C=O) groups is 2. The van der Waals surface area contributed by atoms with E-state index in [9.17, 15) is 14.0 Å². The minimum absolute atomic E-state index is 0.0492. The Morgan fingerprint density at radius 3 is 2.58 bits per heavy atom. The molecule has 182 valence electrons. The monoisotopic (exact) mass is 459 g/mol. The van der Waals surface area contributed by atoms with Gasteiger partial charge in [0.05, 0.1) is 0 Å². The molecule has 1 saturated carbocycles. The highest BCUT2D eigenvalue weighted by atomic mass is 19.1. The minimum atomic E-state index is -0.699. The summed E-state index contributed by atoms with van der Waals surface area (Å²) in [5.41, 5.74) is 1.84. The molecule has 2 atom stereocenters. The maximum Gasteiger partial charge on any atom is 0.408 e. The van der Waals surface area contributed by atoms with Crippen molar-refractivity contribution in [1.82, 2.24) is 10.2 Å². The van der Waals surface area contributed by atoms with Crippen molar-refractivity contribution in [3.8, 4) is 0 Å². The molecular weight excluding hydrogens is 421 g/mol. The Bertz CT molecular complexity index is 864. The number of rotatable bonds is 7. The van der Waals surface area contributed by atoms with E-state index < -0.39 is 12.2 Å². The Kier molecular flexibility index (Phi) is 7.15. The van der Waals surface area contributed by atoms with Crippen LogP contribution in [0.4, 0.5) is 14.9 Å². The number of nitrogens with zero attached hydrogens (tertiary/aromatic N) is 2. The van der Waals surface area contributed by atoms with Crippen molar-refractivity contribution >= 4 is 17.7 Å². The number of benzene rings is 1. The van der Waals surface area contributed by atoms with Crippen molar-refractivity contribution in [2.24, 2.45) is 5.92 Å². The number of nitrogens with one attached hydrogen (secondary N) is 1. The van der Waals surface area contributed by atoms with Crippen molar-refractivity contribution in [3.63, 3.8) is 0 Å². The molecule has 0 aromatic heterocycles. The highest BCUT2D eigenvalue weighted by molar-refractivity contribution is 5.84. The van der Waals surface area contributed by atoms with Crippen LogP contribution in [0.3, 0.4) is 0 Å². The Balaban J connectivity index is 1.34. The van der Waals surface area contributed by atoms with Gasteiger partial charge in [0.2, 0.25) is 0 Å². The van der Waals surface area contributed by atoms with Gasteiger partial charge < -0.3 is 19.9 Å². The number of anilines is 1. The van der Waals surface area contributed by atoms with E-state index in [1.165, 1.54) is 25.3 Å². The largest absolute Gasteiger partial charge is 0.436 e. The third-order valence-corrected chi connectivity index (χ3v) is 7.44. The lowest BCUT2D eigenvalue weighted by Gasteiger charge is -2.35. The van der Waals surface area contributed by atoms with Crippen molar-refractivity contribution < 1.29 is 18.7 Å². The normalized spacial score (nSPS) is 21.7. The van der Waals surface area contributed by atoms with Gasteiger partial charge in [-0.05, 0) is 49.4 Å². The van der Waals surface area contributed by atoms with Crippen LogP contribution >= 0.6 is 0 Å². The highest BCUT2D eigenvalue weighted by Crippen LogP contribution is 2.40. The van der Waals surface area contributed by atoms with Crippen molar-refractivity contribution in [2.45, 2.75) is 83.3 Å². The summed E-state index contributed by atoms with van der Waals surface area (Å²) in [5.74, 6) is 0.170. The van der Waals surface area contributed by atoms with Crippen LogP contribution in [-0.2, 0) is 14.9 Å². The van der Waals surface area contributed by atoms with E-state index in [4.69, 9.17) is 4.74 Å². The van der Waals surface area contributed by atoms with Crippen LogP contribution in [0.2, 0.25) is 0 Å². The molecule has 2 heterocycles. The van der Waals surface area contributed by atoms with Crippen LogP contribution in [0.5, 0.6) is 0 Å². The number of halogens is 1. The van der Waals surface area contributed by atoms with E-state index >= 15 is 0 Å². The average molecular weight is 460 g/mol. The molecule has 2 unspecified atom stereocenters. The predicted octanol–water partition coefficient (Wildman–Crippen LogP) is 4.61. The molecule has 2 amide bonds. The Hall–Kier alpha value is -2.31. The molecule has 3 aliphatic rings. The van der Waals surface area contributed by atoms with E-state index in [1.54, 1.807) is 11.0 Å². The second kappa shape index (κ2) is 9.90. The molecule has 2 fully saturated rings. The number of likely N-dealkylation sites (tertiary alicyclic amines) is 1. The molecule has 2 aliphatic heterocycles. The summed E-state index contributed by atoms with van der Waals surface area (Å²) in [6, 6.07) is 4.73. The van der Waals surface area contributed by atoms with Gasteiger partial charge in [-0.1, -0.05) is 46.0 Å². The molecule has 0 radical (unpaired) electrons. The quantitative estimate of drug-likeness (QED) is 0.647. The smallest absolute Gasteiger partial charge is 0.408 e. The molecule has 33 heavy (non-hydrogen) atoms. The van der Waals surface area contributed by atoms with Crippen molar-refractivity contribution in [1.29, 1.82) is 0 Å². The first-order valence-corrected chi connectivity index (χ1v) is 12.5. The number of ether oxygens (including phenoxy) is 1. The number of hydrogen-bond acceptors (Lipinski definition) is 4. The molecule has 4 rings (SSSR count). The zero-order valence-electron chi connectivity index (χ0n) is 20.2. The summed E-state index contributed by atoms with van der Waals surface area (Å²) in [4.78, 5) is 29.7. The minimum Gasteiger partial charge on any atom is -0.436 e. The molecule has 1 aromatic carbocycles. The molecule has 1 saturated heterocycles. The van der Waals surface area contributed by atoms with Gasteiger partial charge >= 0.3 is 6.09 Å². The van der Waals surface area contributed by atoms with E-state index in [0.29, 0.717) is 18.9 Å². The van der Waals surface area contributed by atoms with Crippen LogP contribution in [0.15, 0.2) is 18.2 Å². The number of amides is 2. The highest BCUT2D eigenvalue weighted by Gasteiger charge is 2.37. The number of alkyl carbamates (subject to hydrolysis) is 1. The Morgan fingerprint density at radius 1 is 1.18 bits per heavy atom. The SMILES string of the molecule is CC(CN1CC(C)(C)c2cc(F)ccc21)NC(=O)OC(CC1CCCCC1)C(=O)N1CCC1. The summed E-state index contributed by atoms with van der Waals surface area (Å²) >= 11 is 0. The van der Waals surface area contributed by atoms with Gasteiger partial charge in [0.15, 0.2) is 6.10 Å². The lowest BCUT2D eigenvalue weighted by atomic mass is 9.85. The zero-order valence-corrected chi connectivity index (χ0v) is 20.2. The van der Waals surface area contributed by atoms with Crippen LogP contribution in [0, 0.1) is 11.7 Å². The first kappa shape index (κ1) is 23.8. The molecule has 1 N–H and O–H groups in total. The van der Waals surface area contributed by atoms with Crippen LogP contribution in [0.1, 0.15) is 71.3 Å². The zero-order chi connectivity index (χ0) is 23.6. The maximum absolute atomic E-state index is 13.8. The van der Waals surface area contributed by atoms with Gasteiger partial charge in [-0.15, -0.1) is 0 Å². The van der Waals surface area contributed by atoms with E-state index in [0.717, 1.165) is 50.1 Å². The molecule has 1 aromatic rings. The first-order chi connectivity index (χ1) is 15.7. The summed E-state index contributed by atoms with van der Waals surface area (Å²) in [6.07, 6.45) is 6.25. The lowest BCUT2D eigenvalue weighted by molar-refractivity contribution is -0.145. The molecule has 0 bridgehead atoms. The van der Waals surface area contributed by atoms with Crippen LogP contribution < -0.4 is 10.2 Å². The molecule has 7 heteroatoms. The number of hydrogen-bond donors (Lipinski definition) is 1. The fourth-order valence-electron chi connectivity index (χ4n) is 5.54. The van der Waals surface area contributed by atoms with Gasteiger partial charge in [0.1, 0.15) is 5.82 Å². The van der Waals surface area contributed by atoms with Gasteiger partial charge in [-0.2, -0.15) is 0 Å². The summed E-state index contributed by atoms with van der Waals surface area (Å²) in [7, 11) is 0. The fraction of sp³-hybridized carbons (Fsp3) is 0.692. The molecular formula is C26H38FN3O3. The Morgan fingerprint density at radius 2 is 1.91 bits per heavy atom. The molecule has 0 spiro atoms. The summed E-state index contributed by atoms with van der Waals surface area (Å²) < 4.78 is 19.5. The van der Waals surface area contributed by atoms with Crippen LogP contribution in [0.25, 0.3) is 0 Å². The van der Waals surface area contributed by atoms with Crippen molar-refractivity contribution in [2.75, 3.05) is 31.1 Å². The standard InChI is InChI=1S/C26H38FN3O3/c1-18(16-30-17-26(2,3)21-15-20(27)10-11-22(21)30)28-25(32)33-23(24(31)29-12-7-13-29)14-19-8-5-4-6-9-19/h10-11,15,18-19,23H,4-9,12-14,16-17H2,1-3H3,(H,28,32). The van der Waals surface area contributed by atoms with Gasteiger partial charge in [-0.3, -0.25) is 4.79 Å². The topological polar surface area (TPSA) is 61.9 Å². The number of fused-ring (bicyclic) bond motifs is 1. The van der Waals surface area contributed by atoms with Gasteiger partial charge in [0, 0.05) is 43.3 Å². The van der Waals surface area contributed by atoms with E-state index in [2.05, 4.69) is 24.1 Å². The van der Waals surface area contributed by atoms with Gasteiger partial charge in [0.25, 0.3) is 5.91 Å². The number of carbonyl (C=O) groups excluding carboxylic acids is 2. The average Bonchev–Trinajstić information content (AvgIpc) is 2.96. The predicted molar refractivity (Wildman–Crippen MR) is 127 cm³/mol. The summed E-state index contributed by atoms with van der Waals surface area (Å²) in [5, 5.41) is 2.93.